The van der Waals surface area contributed by atoms with Gasteiger partial charge < -0.3 is 15.3 Å². The van der Waals surface area contributed by atoms with Crippen molar-refractivity contribution in [1.82, 2.24) is 14.9 Å². The van der Waals surface area contributed by atoms with E-state index in [4.69, 9.17) is 5.11 Å². The van der Waals surface area contributed by atoms with Crippen molar-refractivity contribution in [3.63, 3.8) is 0 Å². The molecule has 2 amide bonds. The van der Waals surface area contributed by atoms with Crippen molar-refractivity contribution in [3.8, 4) is 0 Å². The molecule has 0 aromatic rings. The SMILES string of the molecule is CCNS(=O)(=O)CCNC(=O)N1C2CCC1C(C(=O)O)C2. The Balaban J connectivity index is 1.86. The quantitative estimate of drug-likeness (QED) is 0.614. The van der Waals surface area contributed by atoms with Crippen molar-refractivity contribution in [1.29, 1.82) is 0 Å². The lowest BCUT2D eigenvalue weighted by atomic mass is 9.89. The lowest BCUT2D eigenvalue weighted by molar-refractivity contribution is -0.142. The minimum absolute atomic E-state index is 0.0157. The second-order valence-electron chi connectivity index (χ2n) is 5.43. The number of rotatable bonds is 6. The summed E-state index contributed by atoms with van der Waals surface area (Å²) in [6.45, 7) is 2.01. The molecule has 2 saturated heterocycles. The Morgan fingerprint density at radius 3 is 2.62 bits per heavy atom. The van der Waals surface area contributed by atoms with Gasteiger partial charge in [0.25, 0.3) is 0 Å². The van der Waals surface area contributed by atoms with Gasteiger partial charge in [0.05, 0.1) is 11.7 Å². The van der Waals surface area contributed by atoms with E-state index in [0.29, 0.717) is 19.4 Å². The van der Waals surface area contributed by atoms with E-state index in [1.54, 1.807) is 11.8 Å². The lowest BCUT2D eigenvalue weighted by Gasteiger charge is -2.23. The van der Waals surface area contributed by atoms with Crippen molar-refractivity contribution < 1.29 is 23.1 Å². The number of carbonyl (C=O) groups is 2. The van der Waals surface area contributed by atoms with Gasteiger partial charge in [0.2, 0.25) is 10.0 Å². The lowest BCUT2D eigenvalue weighted by Crippen LogP contribution is -2.46. The number of urea groups is 1. The van der Waals surface area contributed by atoms with E-state index < -0.39 is 21.9 Å². The maximum atomic E-state index is 12.1. The molecular weight excluding hydrogens is 298 g/mol. The first kappa shape index (κ1) is 16.0. The summed E-state index contributed by atoms with van der Waals surface area (Å²) in [6, 6.07) is -0.669. The van der Waals surface area contributed by atoms with E-state index in [1.807, 2.05) is 0 Å². The third kappa shape index (κ3) is 3.46. The Morgan fingerprint density at radius 2 is 2.05 bits per heavy atom. The Hall–Kier alpha value is -1.35. The number of fused-ring (bicyclic) bond motifs is 2. The van der Waals surface area contributed by atoms with Gasteiger partial charge >= 0.3 is 12.0 Å². The number of carboxylic acid groups (broad SMARTS) is 1. The first-order valence-electron chi connectivity index (χ1n) is 7.12. The van der Waals surface area contributed by atoms with Gasteiger partial charge in [0.1, 0.15) is 0 Å². The molecule has 3 atom stereocenters. The molecule has 2 fully saturated rings. The van der Waals surface area contributed by atoms with E-state index >= 15 is 0 Å². The molecule has 0 aliphatic carbocycles. The van der Waals surface area contributed by atoms with Gasteiger partial charge in [-0.3, -0.25) is 4.79 Å². The molecule has 0 spiro atoms. The highest BCUT2D eigenvalue weighted by atomic mass is 32.2. The number of amides is 2. The fourth-order valence-electron chi connectivity index (χ4n) is 3.25. The smallest absolute Gasteiger partial charge is 0.317 e. The van der Waals surface area contributed by atoms with Crippen molar-refractivity contribution >= 4 is 22.0 Å². The average molecular weight is 319 g/mol. The molecule has 21 heavy (non-hydrogen) atoms. The van der Waals surface area contributed by atoms with E-state index in [2.05, 4.69) is 10.0 Å². The molecule has 3 N–H and O–H groups in total. The van der Waals surface area contributed by atoms with Crippen molar-refractivity contribution in [2.45, 2.75) is 38.3 Å². The van der Waals surface area contributed by atoms with E-state index in [9.17, 15) is 18.0 Å². The predicted molar refractivity (Wildman–Crippen MR) is 75.3 cm³/mol. The zero-order valence-electron chi connectivity index (χ0n) is 11.9. The highest BCUT2D eigenvalue weighted by molar-refractivity contribution is 7.89. The van der Waals surface area contributed by atoms with Crippen LogP contribution in [0.4, 0.5) is 4.79 Å². The summed E-state index contributed by atoms with van der Waals surface area (Å²) >= 11 is 0. The molecule has 9 heteroatoms. The summed E-state index contributed by atoms with van der Waals surface area (Å²) in [5.41, 5.74) is 0. The number of nitrogens with zero attached hydrogens (tertiary/aromatic N) is 1. The number of nitrogens with one attached hydrogen (secondary N) is 2. The largest absolute Gasteiger partial charge is 0.481 e. The first-order chi connectivity index (χ1) is 9.85. The molecule has 3 unspecified atom stereocenters. The Labute approximate surface area is 123 Å². The fraction of sp³-hybridized carbons (Fsp3) is 0.833. The number of hydrogen-bond donors (Lipinski definition) is 3. The number of carboxylic acids is 1. The topological polar surface area (TPSA) is 116 Å². The zero-order valence-corrected chi connectivity index (χ0v) is 12.7. The monoisotopic (exact) mass is 319 g/mol. The summed E-state index contributed by atoms with van der Waals surface area (Å²) in [5.74, 6) is -1.55. The Kier molecular flexibility index (Phi) is 4.72. The summed E-state index contributed by atoms with van der Waals surface area (Å²) in [6.07, 6.45) is 2.01. The standard InChI is InChI=1S/C12H21N3O5S/c1-2-14-21(19,20)6-5-13-12(18)15-8-3-4-10(15)9(7-8)11(16)17/h8-10,14H,2-7H2,1H3,(H,13,18)(H,16,17). The van der Waals surface area contributed by atoms with Crippen LogP contribution in [0.5, 0.6) is 0 Å². The predicted octanol–water partition coefficient (Wildman–Crippen LogP) is -0.427. The summed E-state index contributed by atoms with van der Waals surface area (Å²) < 4.78 is 25.3. The van der Waals surface area contributed by atoms with Gasteiger partial charge in [0, 0.05) is 25.2 Å². The minimum Gasteiger partial charge on any atom is -0.481 e. The molecule has 2 bridgehead atoms. The molecule has 0 aromatic heterocycles. The summed E-state index contributed by atoms with van der Waals surface area (Å²) in [7, 11) is -3.36. The maximum Gasteiger partial charge on any atom is 0.317 e. The van der Waals surface area contributed by atoms with E-state index in [1.165, 1.54) is 0 Å². The Bertz CT molecular complexity index is 521. The molecule has 2 aliphatic heterocycles. The van der Waals surface area contributed by atoms with E-state index in [0.717, 1.165) is 6.42 Å². The van der Waals surface area contributed by atoms with Crippen LogP contribution in [0.2, 0.25) is 0 Å². The molecule has 120 valence electrons. The van der Waals surface area contributed by atoms with Gasteiger partial charge in [-0.15, -0.1) is 0 Å². The highest BCUT2D eigenvalue weighted by Crippen LogP contribution is 2.41. The van der Waals surface area contributed by atoms with Crippen LogP contribution in [-0.4, -0.2) is 61.4 Å². The van der Waals surface area contributed by atoms with E-state index in [-0.39, 0.29) is 30.4 Å². The second-order valence-corrected chi connectivity index (χ2v) is 7.36. The van der Waals surface area contributed by atoms with Gasteiger partial charge in [-0.1, -0.05) is 6.92 Å². The molecule has 0 radical (unpaired) electrons. The molecule has 8 nitrogen and oxygen atoms in total. The average Bonchev–Trinajstić information content (AvgIpc) is 2.95. The van der Waals surface area contributed by atoms with Crippen LogP contribution in [0, 0.1) is 5.92 Å². The van der Waals surface area contributed by atoms with Crippen LogP contribution in [0.25, 0.3) is 0 Å². The van der Waals surface area contributed by atoms with Crippen molar-refractivity contribution in [3.05, 3.63) is 0 Å². The van der Waals surface area contributed by atoms with Crippen molar-refractivity contribution in [2.75, 3.05) is 18.8 Å². The normalized spacial score (nSPS) is 27.9. The van der Waals surface area contributed by atoms with Gasteiger partial charge in [0.15, 0.2) is 0 Å². The van der Waals surface area contributed by atoms with Crippen LogP contribution in [0.1, 0.15) is 26.2 Å². The Morgan fingerprint density at radius 1 is 1.33 bits per heavy atom. The van der Waals surface area contributed by atoms with Gasteiger partial charge in [-0.2, -0.15) is 0 Å². The zero-order chi connectivity index (χ0) is 15.6. The molecule has 2 aliphatic rings. The van der Waals surface area contributed by atoms with Crippen LogP contribution in [0.3, 0.4) is 0 Å². The maximum absolute atomic E-state index is 12.1. The highest BCUT2D eigenvalue weighted by Gasteiger charge is 2.51. The van der Waals surface area contributed by atoms with Crippen LogP contribution >= 0.6 is 0 Å². The minimum atomic E-state index is -3.36. The molecular formula is C12H21N3O5S. The molecule has 2 rings (SSSR count). The molecule has 0 aromatic carbocycles. The number of carbonyl (C=O) groups excluding carboxylic acids is 1. The fourth-order valence-corrected chi connectivity index (χ4v) is 4.20. The molecule has 2 heterocycles. The van der Waals surface area contributed by atoms with Gasteiger partial charge in [-0.25, -0.2) is 17.9 Å². The molecule has 0 saturated carbocycles. The van der Waals surface area contributed by atoms with Crippen LogP contribution < -0.4 is 10.0 Å². The first-order valence-corrected chi connectivity index (χ1v) is 8.77. The number of hydrogen-bond acceptors (Lipinski definition) is 4. The summed E-state index contributed by atoms with van der Waals surface area (Å²) in [4.78, 5) is 24.8. The number of aliphatic carboxylic acids is 1. The van der Waals surface area contributed by atoms with Crippen molar-refractivity contribution in [2.24, 2.45) is 5.92 Å². The van der Waals surface area contributed by atoms with Crippen LogP contribution in [-0.2, 0) is 14.8 Å². The van der Waals surface area contributed by atoms with Crippen LogP contribution in [0.15, 0.2) is 0 Å². The third-order valence-electron chi connectivity index (χ3n) is 4.10. The third-order valence-corrected chi connectivity index (χ3v) is 5.57. The van der Waals surface area contributed by atoms with Gasteiger partial charge in [-0.05, 0) is 19.3 Å². The number of sulfonamides is 1. The second kappa shape index (κ2) is 6.18. The summed E-state index contributed by atoms with van der Waals surface area (Å²) in [5, 5.41) is 11.7.